The summed E-state index contributed by atoms with van der Waals surface area (Å²) in [5.74, 6) is -2.61. The van der Waals surface area contributed by atoms with Crippen molar-refractivity contribution in [2.45, 2.75) is 30.3 Å². The molecule has 1 aromatic carbocycles. The molecular weight excluding hydrogens is 449 g/mol. The van der Waals surface area contributed by atoms with Gasteiger partial charge in [-0.15, -0.1) is 11.3 Å². The van der Waals surface area contributed by atoms with Gasteiger partial charge in [-0.1, -0.05) is 11.6 Å². The molecule has 1 aromatic heterocycles. The summed E-state index contributed by atoms with van der Waals surface area (Å²) in [6.45, 7) is 2.10. The normalized spacial score (nSPS) is 18.4. The Balaban J connectivity index is 1.88. The van der Waals surface area contributed by atoms with Gasteiger partial charge in [-0.05, 0) is 20.4 Å². The molecular formula is C17H20ClF3N4O2S2. The van der Waals surface area contributed by atoms with Crippen molar-refractivity contribution in [2.24, 2.45) is 0 Å². The predicted molar refractivity (Wildman–Crippen MR) is 108 cm³/mol. The molecule has 0 spiro atoms. The van der Waals surface area contributed by atoms with Crippen LogP contribution in [0.1, 0.15) is 13.3 Å². The molecule has 6 nitrogen and oxygen atoms in total. The maximum absolute atomic E-state index is 14.8. The van der Waals surface area contributed by atoms with Crippen LogP contribution in [0.4, 0.5) is 24.0 Å². The highest BCUT2D eigenvalue weighted by Gasteiger charge is 2.33. The van der Waals surface area contributed by atoms with Gasteiger partial charge < -0.3 is 4.90 Å². The number of rotatable bonds is 7. The van der Waals surface area contributed by atoms with Gasteiger partial charge in [-0.2, -0.15) is 0 Å². The molecule has 0 saturated carbocycles. The Labute approximate surface area is 176 Å². The van der Waals surface area contributed by atoms with E-state index in [0.29, 0.717) is 19.5 Å². The number of likely N-dealkylation sites (N-methyl/N-ethyl adjacent to an activating group) is 1. The number of sulfonamides is 1. The molecule has 1 fully saturated rings. The lowest BCUT2D eigenvalue weighted by atomic mass is 10.2. The Morgan fingerprint density at radius 1 is 1.48 bits per heavy atom. The number of alkyl halides is 1. The lowest BCUT2D eigenvalue weighted by molar-refractivity contribution is 0.168. The minimum atomic E-state index is -4.55. The molecule has 160 valence electrons. The lowest BCUT2D eigenvalue weighted by Gasteiger charge is -2.29. The van der Waals surface area contributed by atoms with E-state index < -0.39 is 38.3 Å². The monoisotopic (exact) mass is 468 g/mol. The molecule has 1 saturated heterocycles. The lowest BCUT2D eigenvalue weighted by Crippen LogP contribution is -2.41. The summed E-state index contributed by atoms with van der Waals surface area (Å²) in [7, 11) is -2.76. The second kappa shape index (κ2) is 8.66. The van der Waals surface area contributed by atoms with Crippen molar-refractivity contribution >= 4 is 43.8 Å². The third-order valence-electron chi connectivity index (χ3n) is 5.02. The van der Waals surface area contributed by atoms with Crippen molar-refractivity contribution in [1.29, 1.82) is 0 Å². The Kier molecular flexibility index (Phi) is 6.61. The zero-order valence-electron chi connectivity index (χ0n) is 15.7. The molecule has 2 aromatic rings. The zero-order valence-corrected chi connectivity index (χ0v) is 18.1. The third-order valence-corrected chi connectivity index (χ3v) is 7.57. The van der Waals surface area contributed by atoms with Crippen molar-refractivity contribution < 1.29 is 21.6 Å². The molecule has 0 amide bonds. The van der Waals surface area contributed by atoms with Gasteiger partial charge in [0.05, 0.1) is 5.69 Å². The van der Waals surface area contributed by atoms with E-state index in [-0.39, 0.29) is 22.9 Å². The van der Waals surface area contributed by atoms with Crippen LogP contribution in [0.3, 0.4) is 0 Å². The topological polar surface area (TPSA) is 65.5 Å². The molecule has 2 atom stereocenters. The standard InChI is InChI=1S/C17H20ClF3N4O2S2/c1-10(8-19)24(2)11-3-5-25(9-11)13-7-12(20)16(15(21)14(13)18)29(26,27)23-17-22-4-6-28-17/h4,6-7,10-11H,3,5,8-9H2,1-2H3,(H,22,23). The molecule has 0 radical (unpaired) electrons. The van der Waals surface area contributed by atoms with Crippen LogP contribution in [-0.4, -0.2) is 57.2 Å². The van der Waals surface area contributed by atoms with Crippen molar-refractivity contribution in [2.75, 3.05) is 36.4 Å². The average Bonchev–Trinajstić information content (AvgIpc) is 3.34. The molecule has 0 bridgehead atoms. The van der Waals surface area contributed by atoms with Crippen LogP contribution in [0, 0.1) is 11.6 Å². The number of nitrogens with zero attached hydrogens (tertiary/aromatic N) is 3. The molecule has 1 aliphatic rings. The number of hydrogen-bond donors (Lipinski definition) is 1. The number of nitrogens with one attached hydrogen (secondary N) is 1. The van der Waals surface area contributed by atoms with Gasteiger partial charge >= 0.3 is 0 Å². The molecule has 1 N–H and O–H groups in total. The fourth-order valence-corrected chi connectivity index (χ4v) is 5.50. The number of thiazole rings is 1. The fourth-order valence-electron chi connectivity index (χ4n) is 3.24. The van der Waals surface area contributed by atoms with Crippen LogP contribution < -0.4 is 9.62 Å². The number of hydrogen-bond acceptors (Lipinski definition) is 6. The Bertz CT molecular complexity index is 976. The van der Waals surface area contributed by atoms with E-state index in [1.165, 1.54) is 11.6 Å². The van der Waals surface area contributed by atoms with Crippen LogP contribution in [-0.2, 0) is 10.0 Å². The second-order valence-corrected chi connectivity index (χ2v) is 9.73. The predicted octanol–water partition coefficient (Wildman–Crippen LogP) is 3.74. The van der Waals surface area contributed by atoms with Crippen LogP contribution >= 0.6 is 22.9 Å². The molecule has 3 rings (SSSR count). The van der Waals surface area contributed by atoms with E-state index in [0.717, 1.165) is 17.4 Å². The van der Waals surface area contributed by atoms with Crippen molar-refractivity contribution in [3.63, 3.8) is 0 Å². The summed E-state index contributed by atoms with van der Waals surface area (Å²) < 4.78 is 69.4. The first-order valence-electron chi connectivity index (χ1n) is 8.78. The summed E-state index contributed by atoms with van der Waals surface area (Å²) in [5.41, 5.74) is 0.0682. The average molecular weight is 469 g/mol. The second-order valence-electron chi connectivity index (χ2n) is 6.83. The van der Waals surface area contributed by atoms with E-state index in [1.54, 1.807) is 18.9 Å². The first-order valence-corrected chi connectivity index (χ1v) is 11.5. The minimum absolute atomic E-state index is 0.0158. The van der Waals surface area contributed by atoms with E-state index in [4.69, 9.17) is 11.6 Å². The Morgan fingerprint density at radius 3 is 2.83 bits per heavy atom. The number of aromatic nitrogens is 1. The quantitative estimate of drug-likeness (QED) is 0.627. The van der Waals surface area contributed by atoms with Gasteiger partial charge in [0, 0.05) is 42.8 Å². The summed E-state index contributed by atoms with van der Waals surface area (Å²) >= 11 is 7.07. The maximum Gasteiger partial charge on any atom is 0.269 e. The summed E-state index contributed by atoms with van der Waals surface area (Å²) in [6, 6.07) is 0.620. The minimum Gasteiger partial charge on any atom is -0.369 e. The van der Waals surface area contributed by atoms with Gasteiger partial charge in [-0.25, -0.2) is 26.6 Å². The van der Waals surface area contributed by atoms with Crippen LogP contribution in [0.2, 0.25) is 5.02 Å². The van der Waals surface area contributed by atoms with E-state index >= 15 is 0 Å². The maximum atomic E-state index is 14.8. The number of benzene rings is 1. The van der Waals surface area contributed by atoms with Crippen molar-refractivity contribution in [1.82, 2.24) is 9.88 Å². The summed E-state index contributed by atoms with van der Waals surface area (Å²) in [5, 5.41) is 1.02. The number of anilines is 2. The fraction of sp³-hybridized carbons (Fsp3) is 0.471. The van der Waals surface area contributed by atoms with Crippen LogP contribution in [0.5, 0.6) is 0 Å². The first-order chi connectivity index (χ1) is 13.7. The molecule has 12 heteroatoms. The SMILES string of the molecule is CC(CF)N(C)C1CCN(c2cc(F)c(S(=O)(=O)Nc3nccs3)c(F)c2Cl)C1. The molecule has 0 aliphatic carbocycles. The largest absolute Gasteiger partial charge is 0.369 e. The van der Waals surface area contributed by atoms with Crippen LogP contribution in [0.25, 0.3) is 0 Å². The van der Waals surface area contributed by atoms with Crippen molar-refractivity contribution in [3.05, 3.63) is 34.3 Å². The van der Waals surface area contributed by atoms with Gasteiger partial charge in [-0.3, -0.25) is 9.62 Å². The zero-order chi connectivity index (χ0) is 21.3. The molecule has 1 aliphatic heterocycles. The summed E-state index contributed by atoms with van der Waals surface area (Å²) in [6.07, 6.45) is 2.02. The van der Waals surface area contributed by atoms with Crippen molar-refractivity contribution in [3.8, 4) is 0 Å². The smallest absolute Gasteiger partial charge is 0.269 e. The van der Waals surface area contributed by atoms with Gasteiger partial charge in [0.15, 0.2) is 15.8 Å². The van der Waals surface area contributed by atoms with Crippen LogP contribution in [0.15, 0.2) is 22.5 Å². The number of halogens is 4. The van der Waals surface area contributed by atoms with E-state index in [9.17, 15) is 21.6 Å². The van der Waals surface area contributed by atoms with Gasteiger partial charge in [0.1, 0.15) is 17.5 Å². The third kappa shape index (κ3) is 4.47. The highest BCUT2D eigenvalue weighted by Crippen LogP contribution is 2.37. The summed E-state index contributed by atoms with van der Waals surface area (Å²) in [4.78, 5) is 6.14. The molecule has 29 heavy (non-hydrogen) atoms. The Morgan fingerprint density at radius 2 is 2.21 bits per heavy atom. The van der Waals surface area contributed by atoms with Gasteiger partial charge in [0.2, 0.25) is 0 Å². The van der Waals surface area contributed by atoms with E-state index in [2.05, 4.69) is 4.98 Å². The van der Waals surface area contributed by atoms with E-state index in [1.807, 2.05) is 9.62 Å². The first kappa shape index (κ1) is 22.1. The Hall–Kier alpha value is -1.56. The highest BCUT2D eigenvalue weighted by molar-refractivity contribution is 7.93. The highest BCUT2D eigenvalue weighted by atomic mass is 35.5. The van der Waals surface area contributed by atoms with Gasteiger partial charge in [0.25, 0.3) is 10.0 Å². The molecule has 2 unspecified atom stereocenters. The molecule has 2 heterocycles.